The van der Waals surface area contributed by atoms with E-state index >= 15 is 0 Å². The molecule has 0 saturated carbocycles. The van der Waals surface area contributed by atoms with Gasteiger partial charge in [0.1, 0.15) is 0 Å². The third kappa shape index (κ3) is 2.77. The average molecular weight is 158 g/mol. The van der Waals surface area contributed by atoms with E-state index in [2.05, 4.69) is 12.2 Å². The number of hydrogen-bond donors (Lipinski definition) is 2. The van der Waals surface area contributed by atoms with E-state index in [0.29, 0.717) is 0 Å². The van der Waals surface area contributed by atoms with Crippen LogP contribution in [0.5, 0.6) is 0 Å². The Morgan fingerprint density at radius 2 is 2.45 bits per heavy atom. The Bertz CT molecular complexity index is 111. The van der Waals surface area contributed by atoms with Crippen molar-refractivity contribution in [1.29, 1.82) is 0 Å². The summed E-state index contributed by atoms with van der Waals surface area (Å²) in [7, 11) is 0. The SMILES string of the molecule is CC1(NCCCN)CCOC1. The third-order valence-electron chi connectivity index (χ3n) is 2.15. The lowest BCUT2D eigenvalue weighted by Crippen LogP contribution is -2.43. The van der Waals surface area contributed by atoms with Crippen LogP contribution in [-0.4, -0.2) is 31.8 Å². The van der Waals surface area contributed by atoms with Crippen molar-refractivity contribution in [3.8, 4) is 0 Å². The van der Waals surface area contributed by atoms with E-state index in [1.165, 1.54) is 0 Å². The van der Waals surface area contributed by atoms with E-state index in [4.69, 9.17) is 10.5 Å². The van der Waals surface area contributed by atoms with Crippen molar-refractivity contribution < 1.29 is 4.74 Å². The minimum Gasteiger partial charge on any atom is -0.379 e. The molecule has 1 heterocycles. The Morgan fingerprint density at radius 1 is 1.64 bits per heavy atom. The standard InChI is InChI=1S/C8H18N2O/c1-8(3-6-11-7-8)10-5-2-4-9/h10H,2-7,9H2,1H3. The van der Waals surface area contributed by atoms with E-state index in [-0.39, 0.29) is 5.54 Å². The molecule has 1 aliphatic heterocycles. The molecule has 1 unspecified atom stereocenters. The molecule has 1 saturated heterocycles. The van der Waals surface area contributed by atoms with Crippen molar-refractivity contribution >= 4 is 0 Å². The molecule has 0 spiro atoms. The van der Waals surface area contributed by atoms with E-state index in [1.54, 1.807) is 0 Å². The van der Waals surface area contributed by atoms with Crippen molar-refractivity contribution in [2.24, 2.45) is 5.73 Å². The maximum absolute atomic E-state index is 5.39. The van der Waals surface area contributed by atoms with Gasteiger partial charge >= 0.3 is 0 Å². The van der Waals surface area contributed by atoms with Crippen LogP contribution in [0, 0.1) is 0 Å². The molecular formula is C8H18N2O. The molecule has 3 nitrogen and oxygen atoms in total. The summed E-state index contributed by atoms with van der Waals surface area (Å²) in [6, 6.07) is 0. The minimum atomic E-state index is 0.217. The molecule has 0 radical (unpaired) electrons. The van der Waals surface area contributed by atoms with Gasteiger partial charge in [0.15, 0.2) is 0 Å². The molecule has 0 amide bonds. The van der Waals surface area contributed by atoms with Crippen molar-refractivity contribution in [3.63, 3.8) is 0 Å². The summed E-state index contributed by atoms with van der Waals surface area (Å²) in [6.45, 7) is 5.72. The molecule has 1 fully saturated rings. The summed E-state index contributed by atoms with van der Waals surface area (Å²) in [5.41, 5.74) is 5.60. The van der Waals surface area contributed by atoms with Crippen LogP contribution >= 0.6 is 0 Å². The third-order valence-corrected chi connectivity index (χ3v) is 2.15. The summed E-state index contributed by atoms with van der Waals surface area (Å²) < 4.78 is 5.30. The van der Waals surface area contributed by atoms with Gasteiger partial charge in [0.05, 0.1) is 6.61 Å². The Balaban J connectivity index is 2.13. The number of hydrogen-bond acceptors (Lipinski definition) is 3. The van der Waals surface area contributed by atoms with Crippen LogP contribution in [0.1, 0.15) is 19.8 Å². The Labute approximate surface area is 68.3 Å². The van der Waals surface area contributed by atoms with Crippen LogP contribution in [0.15, 0.2) is 0 Å². The Hall–Kier alpha value is -0.120. The first-order chi connectivity index (χ1) is 5.27. The summed E-state index contributed by atoms with van der Waals surface area (Å²) in [6.07, 6.45) is 2.17. The second-order valence-corrected chi connectivity index (χ2v) is 3.43. The highest BCUT2D eigenvalue weighted by Crippen LogP contribution is 2.16. The molecule has 0 aliphatic carbocycles. The van der Waals surface area contributed by atoms with Crippen molar-refractivity contribution in [2.45, 2.75) is 25.3 Å². The van der Waals surface area contributed by atoms with E-state index in [1.807, 2.05) is 0 Å². The maximum Gasteiger partial charge on any atom is 0.0646 e. The van der Waals surface area contributed by atoms with Crippen LogP contribution < -0.4 is 11.1 Å². The first kappa shape index (κ1) is 8.97. The fraction of sp³-hybridized carbons (Fsp3) is 1.00. The molecule has 3 N–H and O–H groups in total. The van der Waals surface area contributed by atoms with E-state index in [9.17, 15) is 0 Å². The molecule has 11 heavy (non-hydrogen) atoms. The van der Waals surface area contributed by atoms with Crippen molar-refractivity contribution in [3.05, 3.63) is 0 Å². The fourth-order valence-corrected chi connectivity index (χ4v) is 1.30. The zero-order valence-corrected chi connectivity index (χ0v) is 7.23. The average Bonchev–Trinajstić information content (AvgIpc) is 2.38. The smallest absolute Gasteiger partial charge is 0.0646 e. The van der Waals surface area contributed by atoms with E-state index < -0.39 is 0 Å². The molecule has 3 heteroatoms. The highest BCUT2D eigenvalue weighted by Gasteiger charge is 2.28. The van der Waals surface area contributed by atoms with Gasteiger partial charge < -0.3 is 15.8 Å². The lowest BCUT2D eigenvalue weighted by molar-refractivity contribution is 0.172. The predicted molar refractivity (Wildman–Crippen MR) is 45.5 cm³/mol. The molecule has 66 valence electrons. The fourth-order valence-electron chi connectivity index (χ4n) is 1.30. The van der Waals surface area contributed by atoms with Gasteiger partial charge in [-0.25, -0.2) is 0 Å². The molecule has 1 rings (SSSR count). The monoisotopic (exact) mass is 158 g/mol. The molecule has 0 aromatic carbocycles. The Kier molecular flexibility index (Phi) is 3.30. The number of ether oxygens (including phenoxy) is 1. The van der Waals surface area contributed by atoms with Gasteiger partial charge in [-0.3, -0.25) is 0 Å². The molecule has 1 aliphatic rings. The van der Waals surface area contributed by atoms with Crippen LogP contribution in [0.25, 0.3) is 0 Å². The largest absolute Gasteiger partial charge is 0.379 e. The molecule has 0 bridgehead atoms. The molecule has 0 aromatic rings. The van der Waals surface area contributed by atoms with Gasteiger partial charge in [-0.1, -0.05) is 0 Å². The summed E-state index contributed by atoms with van der Waals surface area (Å²) >= 11 is 0. The van der Waals surface area contributed by atoms with Crippen LogP contribution in [-0.2, 0) is 4.74 Å². The normalized spacial score (nSPS) is 31.1. The first-order valence-corrected chi connectivity index (χ1v) is 4.30. The Morgan fingerprint density at radius 3 is 3.00 bits per heavy atom. The van der Waals surface area contributed by atoms with Gasteiger partial charge in [0.25, 0.3) is 0 Å². The number of nitrogens with one attached hydrogen (secondary N) is 1. The number of nitrogens with two attached hydrogens (primary N) is 1. The first-order valence-electron chi connectivity index (χ1n) is 4.30. The zero-order chi connectivity index (χ0) is 8.16. The topological polar surface area (TPSA) is 47.3 Å². The molecule has 0 aromatic heterocycles. The summed E-state index contributed by atoms with van der Waals surface area (Å²) in [5, 5.41) is 3.45. The second kappa shape index (κ2) is 4.04. The lowest BCUT2D eigenvalue weighted by atomic mass is 10.0. The number of rotatable bonds is 4. The predicted octanol–water partition coefficient (Wildman–Crippen LogP) is 0.104. The summed E-state index contributed by atoms with van der Waals surface area (Å²) in [5.74, 6) is 0. The quantitative estimate of drug-likeness (QED) is 0.571. The van der Waals surface area contributed by atoms with E-state index in [0.717, 1.165) is 39.1 Å². The van der Waals surface area contributed by atoms with Gasteiger partial charge in [0.2, 0.25) is 0 Å². The van der Waals surface area contributed by atoms with Crippen LogP contribution in [0.3, 0.4) is 0 Å². The summed E-state index contributed by atoms with van der Waals surface area (Å²) in [4.78, 5) is 0. The molecular weight excluding hydrogens is 140 g/mol. The van der Waals surface area contributed by atoms with Crippen LogP contribution in [0.4, 0.5) is 0 Å². The zero-order valence-electron chi connectivity index (χ0n) is 7.23. The van der Waals surface area contributed by atoms with Gasteiger partial charge in [0, 0.05) is 12.1 Å². The van der Waals surface area contributed by atoms with Gasteiger partial charge in [-0.15, -0.1) is 0 Å². The molecule has 1 atom stereocenters. The van der Waals surface area contributed by atoms with Crippen LogP contribution in [0.2, 0.25) is 0 Å². The maximum atomic E-state index is 5.39. The van der Waals surface area contributed by atoms with Crippen molar-refractivity contribution in [2.75, 3.05) is 26.3 Å². The second-order valence-electron chi connectivity index (χ2n) is 3.43. The highest BCUT2D eigenvalue weighted by molar-refractivity contribution is 4.86. The van der Waals surface area contributed by atoms with Gasteiger partial charge in [-0.05, 0) is 32.9 Å². The van der Waals surface area contributed by atoms with Crippen molar-refractivity contribution in [1.82, 2.24) is 5.32 Å². The minimum absolute atomic E-state index is 0.217. The highest BCUT2D eigenvalue weighted by atomic mass is 16.5. The lowest BCUT2D eigenvalue weighted by Gasteiger charge is -2.23. The van der Waals surface area contributed by atoms with Gasteiger partial charge in [-0.2, -0.15) is 0 Å².